The molecule has 0 aliphatic heterocycles. The Balaban J connectivity index is 2.19. The molecule has 18 heavy (non-hydrogen) atoms. The van der Waals surface area contributed by atoms with Crippen LogP contribution in [-0.4, -0.2) is 21.8 Å². The number of amides is 2. The monoisotopic (exact) mass is 248 g/mol. The number of anilines is 1. The van der Waals surface area contributed by atoms with Crippen molar-refractivity contribution in [2.24, 2.45) is 5.73 Å². The van der Waals surface area contributed by atoms with E-state index in [1.807, 2.05) is 0 Å². The second kappa shape index (κ2) is 4.66. The van der Waals surface area contributed by atoms with E-state index in [0.717, 1.165) is 12.1 Å². The molecule has 0 aliphatic carbocycles. The van der Waals surface area contributed by atoms with Crippen molar-refractivity contribution in [2.45, 2.75) is 0 Å². The fourth-order valence-corrected chi connectivity index (χ4v) is 1.36. The first-order valence-electron chi connectivity index (χ1n) is 4.98. The minimum atomic E-state index is -0.734. The van der Waals surface area contributed by atoms with Gasteiger partial charge in [0, 0.05) is 5.56 Å². The van der Waals surface area contributed by atoms with E-state index in [4.69, 9.17) is 5.73 Å². The topological polar surface area (TPSA) is 101 Å². The number of hydrogen-bond acceptors (Lipinski definition) is 3. The van der Waals surface area contributed by atoms with Gasteiger partial charge in [0.1, 0.15) is 11.5 Å². The van der Waals surface area contributed by atoms with Gasteiger partial charge >= 0.3 is 0 Å². The van der Waals surface area contributed by atoms with E-state index in [-0.39, 0.29) is 17.1 Å². The number of nitrogens with two attached hydrogens (primary N) is 1. The van der Waals surface area contributed by atoms with Crippen molar-refractivity contribution >= 4 is 17.6 Å². The lowest BCUT2D eigenvalue weighted by atomic mass is 10.2. The predicted octanol–water partition coefficient (Wildman–Crippen LogP) is 0.900. The molecule has 0 fully saturated rings. The number of primary amides is 1. The molecule has 0 aliphatic rings. The van der Waals surface area contributed by atoms with Gasteiger partial charge in [0.25, 0.3) is 11.8 Å². The first kappa shape index (κ1) is 11.8. The van der Waals surface area contributed by atoms with E-state index in [1.165, 1.54) is 18.5 Å². The zero-order chi connectivity index (χ0) is 13.1. The molecule has 7 heteroatoms. The summed E-state index contributed by atoms with van der Waals surface area (Å²) in [4.78, 5) is 29.0. The van der Waals surface area contributed by atoms with Crippen LogP contribution in [-0.2, 0) is 0 Å². The molecule has 2 amide bonds. The second-order valence-corrected chi connectivity index (χ2v) is 3.45. The second-order valence-electron chi connectivity index (χ2n) is 3.45. The van der Waals surface area contributed by atoms with Gasteiger partial charge in [-0.2, -0.15) is 0 Å². The quantitative estimate of drug-likeness (QED) is 0.752. The van der Waals surface area contributed by atoms with Crippen LogP contribution in [0.4, 0.5) is 10.2 Å². The van der Waals surface area contributed by atoms with Crippen molar-refractivity contribution in [3.8, 4) is 0 Å². The maximum atomic E-state index is 12.7. The number of benzene rings is 1. The molecule has 92 valence electrons. The van der Waals surface area contributed by atoms with Crippen LogP contribution in [0.1, 0.15) is 20.8 Å². The first-order valence-corrected chi connectivity index (χ1v) is 4.98. The number of hydrogen-bond donors (Lipinski definition) is 3. The summed E-state index contributed by atoms with van der Waals surface area (Å²) < 4.78 is 12.7. The van der Waals surface area contributed by atoms with Gasteiger partial charge in [-0.05, 0) is 24.3 Å². The Morgan fingerprint density at radius 3 is 2.56 bits per heavy atom. The average molecular weight is 248 g/mol. The van der Waals surface area contributed by atoms with Gasteiger partial charge in [0.15, 0.2) is 5.82 Å². The molecule has 1 heterocycles. The average Bonchev–Trinajstić information content (AvgIpc) is 2.78. The van der Waals surface area contributed by atoms with Gasteiger partial charge < -0.3 is 16.0 Å². The molecule has 0 atom stereocenters. The molecule has 1 aromatic heterocycles. The van der Waals surface area contributed by atoms with Gasteiger partial charge in [-0.25, -0.2) is 9.37 Å². The van der Waals surface area contributed by atoms with Crippen molar-refractivity contribution < 1.29 is 14.0 Å². The summed E-state index contributed by atoms with van der Waals surface area (Å²) in [5.41, 5.74) is 5.33. The van der Waals surface area contributed by atoms with Gasteiger partial charge in [0.2, 0.25) is 0 Å². The molecule has 0 spiro atoms. The summed E-state index contributed by atoms with van der Waals surface area (Å²) in [6.45, 7) is 0. The lowest BCUT2D eigenvalue weighted by Crippen LogP contribution is -2.18. The van der Waals surface area contributed by atoms with Crippen molar-refractivity contribution in [1.82, 2.24) is 9.97 Å². The number of aromatic amines is 1. The molecule has 4 N–H and O–H groups in total. The SMILES string of the molecule is NC(=O)c1[nH]cnc1NC(=O)c1ccc(F)cc1. The number of nitrogens with one attached hydrogen (secondary N) is 2. The molecule has 1 aromatic carbocycles. The van der Waals surface area contributed by atoms with Crippen LogP contribution in [0.3, 0.4) is 0 Å². The Morgan fingerprint density at radius 2 is 1.94 bits per heavy atom. The van der Waals surface area contributed by atoms with Gasteiger partial charge in [-0.1, -0.05) is 0 Å². The molecular weight excluding hydrogens is 239 g/mol. The zero-order valence-electron chi connectivity index (χ0n) is 9.11. The summed E-state index contributed by atoms with van der Waals surface area (Å²) in [6.07, 6.45) is 1.24. The Hall–Kier alpha value is -2.70. The van der Waals surface area contributed by atoms with Crippen LogP contribution < -0.4 is 11.1 Å². The molecule has 6 nitrogen and oxygen atoms in total. The number of halogens is 1. The number of aromatic nitrogens is 2. The molecule has 0 bridgehead atoms. The fourth-order valence-electron chi connectivity index (χ4n) is 1.36. The Kier molecular flexibility index (Phi) is 3.05. The van der Waals surface area contributed by atoms with Crippen LogP contribution in [0, 0.1) is 5.82 Å². The number of carbonyl (C=O) groups is 2. The molecule has 0 saturated heterocycles. The molecule has 2 rings (SSSR count). The molecular formula is C11H9FN4O2. The first-order chi connectivity index (χ1) is 8.58. The third kappa shape index (κ3) is 2.34. The summed E-state index contributed by atoms with van der Waals surface area (Å²) in [6, 6.07) is 4.96. The van der Waals surface area contributed by atoms with E-state index in [0.29, 0.717) is 0 Å². The summed E-state index contributed by atoms with van der Waals surface area (Å²) in [5, 5.41) is 2.40. The number of nitrogens with zero attached hydrogens (tertiary/aromatic N) is 1. The van der Waals surface area contributed by atoms with Crippen LogP contribution >= 0.6 is 0 Å². The van der Waals surface area contributed by atoms with Crippen LogP contribution in [0.2, 0.25) is 0 Å². The minimum absolute atomic E-state index is 0.00506. The maximum Gasteiger partial charge on any atom is 0.269 e. The van der Waals surface area contributed by atoms with E-state index in [9.17, 15) is 14.0 Å². The lowest BCUT2D eigenvalue weighted by Gasteiger charge is -2.03. The van der Waals surface area contributed by atoms with Gasteiger partial charge in [-0.15, -0.1) is 0 Å². The summed E-state index contributed by atoms with van der Waals surface area (Å²) >= 11 is 0. The van der Waals surface area contributed by atoms with Crippen LogP contribution in [0.15, 0.2) is 30.6 Å². The predicted molar refractivity (Wildman–Crippen MR) is 61.5 cm³/mol. The highest BCUT2D eigenvalue weighted by Crippen LogP contribution is 2.11. The highest BCUT2D eigenvalue weighted by molar-refractivity contribution is 6.07. The standard InChI is InChI=1S/C11H9FN4O2/c12-7-3-1-6(2-4-7)11(18)16-10-8(9(13)17)14-5-15-10/h1-5H,(H2,13,17)(H,14,15)(H,16,18). The normalized spacial score (nSPS) is 10.1. The van der Waals surface area contributed by atoms with E-state index < -0.39 is 17.6 Å². The van der Waals surface area contributed by atoms with E-state index >= 15 is 0 Å². The largest absolute Gasteiger partial charge is 0.364 e. The number of carbonyl (C=O) groups excluding carboxylic acids is 2. The third-order valence-corrected chi connectivity index (χ3v) is 2.22. The molecule has 0 radical (unpaired) electrons. The Morgan fingerprint density at radius 1 is 1.28 bits per heavy atom. The zero-order valence-corrected chi connectivity index (χ0v) is 9.11. The maximum absolute atomic E-state index is 12.7. The molecule has 2 aromatic rings. The highest BCUT2D eigenvalue weighted by Gasteiger charge is 2.14. The van der Waals surface area contributed by atoms with Crippen molar-refractivity contribution in [2.75, 3.05) is 5.32 Å². The van der Waals surface area contributed by atoms with Gasteiger partial charge in [-0.3, -0.25) is 9.59 Å². The lowest BCUT2D eigenvalue weighted by molar-refractivity contribution is 0.0997. The summed E-state index contributed by atoms with van der Waals surface area (Å²) in [5.74, 6) is -1.65. The van der Waals surface area contributed by atoms with Crippen molar-refractivity contribution in [3.63, 3.8) is 0 Å². The molecule has 0 saturated carbocycles. The number of imidazole rings is 1. The van der Waals surface area contributed by atoms with Crippen LogP contribution in [0.5, 0.6) is 0 Å². The Bertz CT molecular complexity index is 591. The van der Waals surface area contributed by atoms with E-state index in [2.05, 4.69) is 15.3 Å². The van der Waals surface area contributed by atoms with E-state index in [1.54, 1.807) is 0 Å². The Labute approximate surface area is 101 Å². The fraction of sp³-hybridized carbons (Fsp3) is 0. The number of rotatable bonds is 3. The summed E-state index contributed by atoms with van der Waals surface area (Å²) in [7, 11) is 0. The van der Waals surface area contributed by atoms with Gasteiger partial charge in [0.05, 0.1) is 6.33 Å². The highest BCUT2D eigenvalue weighted by atomic mass is 19.1. The number of H-pyrrole nitrogens is 1. The third-order valence-electron chi connectivity index (χ3n) is 2.22. The van der Waals surface area contributed by atoms with Crippen molar-refractivity contribution in [1.29, 1.82) is 0 Å². The van der Waals surface area contributed by atoms with Crippen molar-refractivity contribution in [3.05, 3.63) is 47.7 Å². The molecule has 0 unspecified atom stereocenters. The van der Waals surface area contributed by atoms with Crippen LogP contribution in [0.25, 0.3) is 0 Å². The smallest absolute Gasteiger partial charge is 0.269 e. The minimum Gasteiger partial charge on any atom is -0.364 e.